The number of hydrogen-bond donors (Lipinski definition) is 0. The largest absolute Gasteiger partial charge is 0.494 e. The van der Waals surface area contributed by atoms with Crippen LogP contribution in [0.1, 0.15) is 42.2 Å². The molecule has 2 heterocycles. The minimum atomic E-state index is 0.0199. The maximum Gasteiger partial charge on any atom is 0.278 e. The number of unbranched alkanes of at least 4 members (excludes halogenated alkanes) is 1. The van der Waals surface area contributed by atoms with Crippen LogP contribution in [0, 0.1) is 12.8 Å². The fourth-order valence-corrected chi connectivity index (χ4v) is 4.94. The van der Waals surface area contributed by atoms with Gasteiger partial charge in [0.1, 0.15) is 5.75 Å². The van der Waals surface area contributed by atoms with Gasteiger partial charge in [0.15, 0.2) is 4.83 Å². The first-order valence-electron chi connectivity index (χ1n) is 9.69. The second-order valence-corrected chi connectivity index (χ2v) is 8.60. The summed E-state index contributed by atoms with van der Waals surface area (Å²) in [5.74, 6) is 1.58. The highest BCUT2D eigenvalue weighted by atomic mass is 32.1. The van der Waals surface area contributed by atoms with Crippen molar-refractivity contribution in [3.05, 3.63) is 50.6 Å². The van der Waals surface area contributed by atoms with Crippen LogP contribution in [-0.2, 0) is 19.4 Å². The normalized spacial score (nSPS) is 16.4. The maximum absolute atomic E-state index is 12.9. The summed E-state index contributed by atoms with van der Waals surface area (Å²) < 4.78 is 7.28. The number of aryl methyl sites for hydroxylation is 3. The van der Waals surface area contributed by atoms with Crippen LogP contribution in [0.3, 0.4) is 0 Å². The molecule has 0 amide bonds. The van der Waals surface area contributed by atoms with Gasteiger partial charge in [0.05, 0.1) is 12.0 Å². The third-order valence-electron chi connectivity index (χ3n) is 5.24. The van der Waals surface area contributed by atoms with Gasteiger partial charge in [0.2, 0.25) is 0 Å². The Kier molecular flexibility index (Phi) is 5.25. The third kappa shape index (κ3) is 3.90. The van der Waals surface area contributed by atoms with Crippen molar-refractivity contribution in [2.45, 2.75) is 52.5 Å². The molecule has 0 bridgehead atoms. The van der Waals surface area contributed by atoms with Gasteiger partial charge in [0.25, 0.3) is 5.56 Å². The SMILES string of the molecule is Cc1ccc(OCCCCn2nnc3sc4c(c3c2=O)CC[C@H](C)C4)cc1. The van der Waals surface area contributed by atoms with Crippen LogP contribution >= 0.6 is 11.3 Å². The molecule has 2 aromatic heterocycles. The van der Waals surface area contributed by atoms with Crippen LogP contribution in [0.5, 0.6) is 5.75 Å². The zero-order chi connectivity index (χ0) is 18.8. The lowest BCUT2D eigenvalue weighted by molar-refractivity contribution is 0.300. The average molecular weight is 384 g/mol. The molecule has 0 spiro atoms. The zero-order valence-corrected chi connectivity index (χ0v) is 16.7. The van der Waals surface area contributed by atoms with Crippen molar-refractivity contribution in [1.82, 2.24) is 15.0 Å². The number of nitrogens with zero attached hydrogens (tertiary/aromatic N) is 3. The molecule has 1 atom stereocenters. The summed E-state index contributed by atoms with van der Waals surface area (Å²) in [6.07, 6.45) is 4.92. The number of fused-ring (bicyclic) bond motifs is 3. The Balaban J connectivity index is 1.38. The van der Waals surface area contributed by atoms with E-state index in [1.165, 1.54) is 20.7 Å². The van der Waals surface area contributed by atoms with E-state index in [4.69, 9.17) is 4.74 Å². The van der Waals surface area contributed by atoms with Crippen LogP contribution in [0.2, 0.25) is 0 Å². The smallest absolute Gasteiger partial charge is 0.278 e. The Morgan fingerprint density at radius 3 is 2.89 bits per heavy atom. The number of thiophene rings is 1. The molecule has 5 nitrogen and oxygen atoms in total. The van der Waals surface area contributed by atoms with Crippen molar-refractivity contribution in [2.24, 2.45) is 5.92 Å². The van der Waals surface area contributed by atoms with Gasteiger partial charge in [-0.2, -0.15) is 0 Å². The first kappa shape index (κ1) is 18.2. The average Bonchev–Trinajstić information content (AvgIpc) is 3.03. The first-order valence-corrected chi connectivity index (χ1v) is 10.5. The van der Waals surface area contributed by atoms with Crippen LogP contribution in [0.25, 0.3) is 10.2 Å². The Morgan fingerprint density at radius 1 is 1.26 bits per heavy atom. The summed E-state index contributed by atoms with van der Waals surface area (Å²) in [6.45, 7) is 5.56. The second kappa shape index (κ2) is 7.80. The molecule has 1 aliphatic carbocycles. The van der Waals surface area contributed by atoms with E-state index in [1.807, 2.05) is 24.3 Å². The summed E-state index contributed by atoms with van der Waals surface area (Å²) in [5, 5.41) is 9.30. The van der Waals surface area contributed by atoms with Crippen LogP contribution < -0.4 is 10.3 Å². The molecule has 0 saturated carbocycles. The highest BCUT2D eigenvalue weighted by Gasteiger charge is 2.23. The lowest BCUT2D eigenvalue weighted by Crippen LogP contribution is -2.25. The number of hydrogen-bond acceptors (Lipinski definition) is 5. The quantitative estimate of drug-likeness (QED) is 0.600. The van der Waals surface area contributed by atoms with Crippen molar-refractivity contribution < 1.29 is 4.74 Å². The molecule has 1 aliphatic rings. The summed E-state index contributed by atoms with van der Waals surface area (Å²) in [5.41, 5.74) is 2.47. The van der Waals surface area contributed by atoms with Gasteiger partial charge in [-0.3, -0.25) is 4.79 Å². The molecular formula is C21H25N3O2S. The number of aromatic nitrogens is 3. The van der Waals surface area contributed by atoms with E-state index >= 15 is 0 Å². The van der Waals surface area contributed by atoms with Gasteiger partial charge >= 0.3 is 0 Å². The molecule has 27 heavy (non-hydrogen) atoms. The lowest BCUT2D eigenvalue weighted by Gasteiger charge is -2.17. The monoisotopic (exact) mass is 383 g/mol. The van der Waals surface area contributed by atoms with Gasteiger partial charge in [-0.25, -0.2) is 4.68 Å². The zero-order valence-electron chi connectivity index (χ0n) is 15.9. The minimum Gasteiger partial charge on any atom is -0.494 e. The van der Waals surface area contributed by atoms with Gasteiger partial charge in [-0.05, 0) is 62.6 Å². The van der Waals surface area contributed by atoms with Gasteiger partial charge in [-0.15, -0.1) is 16.4 Å². The minimum absolute atomic E-state index is 0.0199. The summed E-state index contributed by atoms with van der Waals surface area (Å²) in [7, 11) is 0. The van der Waals surface area contributed by atoms with E-state index in [1.54, 1.807) is 11.3 Å². The molecule has 0 fully saturated rings. The molecule has 1 aromatic carbocycles. The Bertz CT molecular complexity index is 991. The van der Waals surface area contributed by atoms with Gasteiger partial charge in [0, 0.05) is 11.4 Å². The summed E-state index contributed by atoms with van der Waals surface area (Å²) >= 11 is 1.65. The molecular weight excluding hydrogens is 358 g/mol. The molecule has 4 rings (SSSR count). The van der Waals surface area contributed by atoms with Crippen molar-refractivity contribution in [1.29, 1.82) is 0 Å². The molecule has 0 aliphatic heterocycles. The molecule has 3 aromatic rings. The number of rotatable bonds is 6. The van der Waals surface area contributed by atoms with E-state index < -0.39 is 0 Å². The fourth-order valence-electron chi connectivity index (χ4n) is 3.63. The Labute approximate surface area is 163 Å². The van der Waals surface area contributed by atoms with Crippen LogP contribution in [0.15, 0.2) is 29.1 Å². The van der Waals surface area contributed by atoms with E-state index in [0.717, 1.165) is 48.1 Å². The van der Waals surface area contributed by atoms with E-state index in [-0.39, 0.29) is 5.56 Å². The topological polar surface area (TPSA) is 57.0 Å². The van der Waals surface area contributed by atoms with Crippen molar-refractivity contribution in [3.8, 4) is 5.75 Å². The third-order valence-corrected chi connectivity index (χ3v) is 6.38. The molecule has 6 heteroatoms. The van der Waals surface area contributed by atoms with E-state index in [9.17, 15) is 4.79 Å². The predicted molar refractivity (Wildman–Crippen MR) is 109 cm³/mol. The molecule has 0 radical (unpaired) electrons. The van der Waals surface area contributed by atoms with Crippen LogP contribution in [-0.4, -0.2) is 21.6 Å². The van der Waals surface area contributed by atoms with Crippen molar-refractivity contribution in [2.75, 3.05) is 6.61 Å². The lowest BCUT2D eigenvalue weighted by atomic mass is 9.89. The Hall–Kier alpha value is -2.21. The van der Waals surface area contributed by atoms with E-state index in [2.05, 4.69) is 24.2 Å². The van der Waals surface area contributed by atoms with Crippen LogP contribution in [0.4, 0.5) is 0 Å². The summed E-state index contributed by atoms with van der Waals surface area (Å²) in [6, 6.07) is 8.06. The molecule has 0 N–H and O–H groups in total. The highest BCUT2D eigenvalue weighted by Crippen LogP contribution is 2.35. The van der Waals surface area contributed by atoms with E-state index in [0.29, 0.717) is 19.1 Å². The molecule has 142 valence electrons. The summed E-state index contributed by atoms with van der Waals surface area (Å²) in [4.78, 5) is 15.0. The first-order chi connectivity index (χ1) is 13.1. The highest BCUT2D eigenvalue weighted by molar-refractivity contribution is 7.18. The number of benzene rings is 1. The standard InChI is InChI=1S/C21H25N3O2S/c1-14-5-8-16(9-6-14)26-12-4-3-11-24-21(25)19-17-10-7-15(2)13-18(17)27-20(19)22-23-24/h5-6,8-9,15H,3-4,7,10-13H2,1-2H3/t15-/m0/s1. The van der Waals surface area contributed by atoms with Gasteiger partial charge < -0.3 is 4.74 Å². The van der Waals surface area contributed by atoms with Crippen molar-refractivity contribution >= 4 is 21.6 Å². The predicted octanol–water partition coefficient (Wildman–Crippen LogP) is 4.15. The van der Waals surface area contributed by atoms with Crippen molar-refractivity contribution in [3.63, 3.8) is 0 Å². The maximum atomic E-state index is 12.9. The molecule has 0 saturated heterocycles. The molecule has 0 unspecified atom stereocenters. The second-order valence-electron chi connectivity index (χ2n) is 7.52. The fraction of sp³-hybridized carbons (Fsp3) is 0.476. The van der Waals surface area contributed by atoms with Gasteiger partial charge in [-0.1, -0.05) is 29.8 Å². The Morgan fingerprint density at radius 2 is 2.07 bits per heavy atom. The number of ether oxygens (including phenoxy) is 1.